The van der Waals surface area contributed by atoms with E-state index >= 15 is 0 Å². The molecule has 7 nitrogen and oxygen atoms in total. The number of hydrogen-bond acceptors (Lipinski definition) is 4. The maximum absolute atomic E-state index is 5.48. The first-order valence-electron chi connectivity index (χ1n) is 11.7. The molecule has 8 heteroatoms. The van der Waals surface area contributed by atoms with Crippen molar-refractivity contribution in [1.82, 2.24) is 25.1 Å². The fourth-order valence-corrected chi connectivity index (χ4v) is 4.07. The SMILES string of the molecule is CN=C(NCCc1nccn1Cc1ccccc1)NCc1ccccc1CN1CCOCC1.I. The van der Waals surface area contributed by atoms with E-state index in [4.69, 9.17) is 4.74 Å². The smallest absolute Gasteiger partial charge is 0.191 e. The second kappa shape index (κ2) is 14.1. The number of aliphatic imine (C=N–C) groups is 1. The summed E-state index contributed by atoms with van der Waals surface area (Å²) in [5.41, 5.74) is 3.92. The standard InChI is InChI=1S/C26H34N6O.HI/c1-27-26(29-12-11-25-28-13-14-32(25)20-22-7-3-2-4-8-22)30-19-23-9-5-6-10-24(23)21-31-15-17-33-18-16-31;/h2-10,13-14H,11-12,15-21H2,1H3,(H2,27,29,30);1H. The Labute approximate surface area is 219 Å². The molecule has 4 rings (SSSR count). The third kappa shape index (κ3) is 7.82. The van der Waals surface area contributed by atoms with E-state index in [0.29, 0.717) is 0 Å². The maximum Gasteiger partial charge on any atom is 0.191 e. The van der Waals surface area contributed by atoms with Crippen molar-refractivity contribution >= 4 is 29.9 Å². The lowest BCUT2D eigenvalue weighted by Crippen LogP contribution is -2.39. The molecule has 182 valence electrons. The van der Waals surface area contributed by atoms with Crippen LogP contribution >= 0.6 is 24.0 Å². The van der Waals surface area contributed by atoms with E-state index in [1.54, 1.807) is 0 Å². The van der Waals surface area contributed by atoms with Gasteiger partial charge in [0.25, 0.3) is 0 Å². The van der Waals surface area contributed by atoms with Crippen molar-refractivity contribution in [2.45, 2.75) is 26.1 Å². The molecule has 1 aromatic heterocycles. The van der Waals surface area contributed by atoms with Gasteiger partial charge in [-0.1, -0.05) is 54.6 Å². The first-order valence-corrected chi connectivity index (χ1v) is 11.7. The number of aromatic nitrogens is 2. The number of hydrogen-bond donors (Lipinski definition) is 2. The van der Waals surface area contributed by atoms with Crippen molar-refractivity contribution in [2.24, 2.45) is 4.99 Å². The number of morpholine rings is 1. The number of nitrogens with one attached hydrogen (secondary N) is 2. The zero-order valence-corrected chi connectivity index (χ0v) is 22.2. The van der Waals surface area contributed by atoms with Crippen molar-refractivity contribution in [3.8, 4) is 0 Å². The van der Waals surface area contributed by atoms with Gasteiger partial charge in [0.05, 0.1) is 13.2 Å². The number of ether oxygens (including phenoxy) is 1. The Morgan fingerprint density at radius 3 is 2.47 bits per heavy atom. The van der Waals surface area contributed by atoms with Crippen LogP contribution in [0.2, 0.25) is 0 Å². The second-order valence-electron chi connectivity index (χ2n) is 8.22. The molecule has 2 N–H and O–H groups in total. The summed E-state index contributed by atoms with van der Waals surface area (Å²) in [6, 6.07) is 19.1. The molecule has 0 unspecified atom stereocenters. The van der Waals surface area contributed by atoms with Crippen molar-refractivity contribution in [3.63, 3.8) is 0 Å². The molecule has 3 aromatic rings. The monoisotopic (exact) mass is 574 g/mol. The summed E-state index contributed by atoms with van der Waals surface area (Å²) in [5, 5.41) is 6.89. The summed E-state index contributed by atoms with van der Waals surface area (Å²) in [4.78, 5) is 11.4. The molecule has 0 radical (unpaired) electrons. The van der Waals surface area contributed by atoms with E-state index in [0.717, 1.165) is 70.7 Å². The topological polar surface area (TPSA) is 66.7 Å². The van der Waals surface area contributed by atoms with Crippen LogP contribution in [0.15, 0.2) is 72.0 Å². The van der Waals surface area contributed by atoms with Crippen LogP contribution in [-0.2, 0) is 30.8 Å². The number of rotatable bonds is 9. The fourth-order valence-electron chi connectivity index (χ4n) is 4.07. The molecule has 0 atom stereocenters. The molecule has 1 aliphatic heterocycles. The van der Waals surface area contributed by atoms with E-state index in [1.807, 2.05) is 25.5 Å². The number of guanidine groups is 1. The Morgan fingerprint density at radius 2 is 1.71 bits per heavy atom. The average Bonchev–Trinajstić information content (AvgIpc) is 3.30. The Morgan fingerprint density at radius 1 is 0.971 bits per heavy atom. The molecule has 1 aliphatic rings. The van der Waals surface area contributed by atoms with E-state index in [1.165, 1.54) is 16.7 Å². The van der Waals surface area contributed by atoms with Crippen LogP contribution in [0, 0.1) is 0 Å². The fraction of sp³-hybridized carbons (Fsp3) is 0.385. The maximum atomic E-state index is 5.48. The minimum Gasteiger partial charge on any atom is -0.379 e. The van der Waals surface area contributed by atoms with Crippen molar-refractivity contribution in [2.75, 3.05) is 39.9 Å². The predicted octanol–water partition coefficient (Wildman–Crippen LogP) is 3.29. The van der Waals surface area contributed by atoms with E-state index < -0.39 is 0 Å². The molecule has 0 aliphatic carbocycles. The first-order chi connectivity index (χ1) is 16.3. The molecule has 34 heavy (non-hydrogen) atoms. The first kappa shape index (κ1) is 26.2. The number of benzene rings is 2. The largest absolute Gasteiger partial charge is 0.379 e. The van der Waals surface area contributed by atoms with Gasteiger partial charge in [-0.3, -0.25) is 9.89 Å². The van der Waals surface area contributed by atoms with Crippen molar-refractivity contribution < 1.29 is 4.74 Å². The molecular weight excluding hydrogens is 539 g/mol. The summed E-state index contributed by atoms with van der Waals surface area (Å²) >= 11 is 0. The van der Waals surface area contributed by atoms with Gasteiger partial charge >= 0.3 is 0 Å². The van der Waals surface area contributed by atoms with Gasteiger partial charge in [-0.2, -0.15) is 0 Å². The minimum atomic E-state index is 0. The Bertz CT molecular complexity index is 1020. The van der Waals surface area contributed by atoms with E-state index in [2.05, 4.69) is 78.6 Å². The zero-order valence-electron chi connectivity index (χ0n) is 19.8. The molecule has 1 saturated heterocycles. The van der Waals surface area contributed by atoms with Crippen LogP contribution < -0.4 is 10.6 Å². The van der Waals surface area contributed by atoms with Crippen molar-refractivity contribution in [3.05, 3.63) is 89.5 Å². The van der Waals surface area contributed by atoms with Gasteiger partial charge in [0, 0.05) is 65.1 Å². The van der Waals surface area contributed by atoms with E-state index in [-0.39, 0.29) is 24.0 Å². The average molecular weight is 575 g/mol. The van der Waals surface area contributed by atoms with Gasteiger partial charge in [0.2, 0.25) is 0 Å². The summed E-state index contributed by atoms with van der Waals surface area (Å²) in [6.07, 6.45) is 4.74. The molecular formula is C26H35IN6O. The highest BCUT2D eigenvalue weighted by atomic mass is 127. The highest BCUT2D eigenvalue weighted by Crippen LogP contribution is 2.13. The van der Waals surface area contributed by atoms with Gasteiger partial charge in [-0.05, 0) is 16.7 Å². The molecule has 2 aromatic carbocycles. The lowest BCUT2D eigenvalue weighted by atomic mass is 10.1. The number of halogens is 1. The highest BCUT2D eigenvalue weighted by molar-refractivity contribution is 14.0. The number of nitrogens with zero attached hydrogens (tertiary/aromatic N) is 4. The molecule has 1 fully saturated rings. The van der Waals surface area contributed by atoms with Gasteiger partial charge in [-0.15, -0.1) is 24.0 Å². The lowest BCUT2D eigenvalue weighted by Gasteiger charge is -2.27. The second-order valence-corrected chi connectivity index (χ2v) is 8.22. The van der Waals surface area contributed by atoms with Crippen LogP contribution in [0.1, 0.15) is 22.5 Å². The normalized spacial score (nSPS) is 14.4. The van der Waals surface area contributed by atoms with Crippen LogP contribution in [-0.4, -0.2) is 60.3 Å². The van der Waals surface area contributed by atoms with Crippen molar-refractivity contribution in [1.29, 1.82) is 0 Å². The molecule has 0 bridgehead atoms. The zero-order chi connectivity index (χ0) is 22.7. The summed E-state index contributed by atoms with van der Waals surface area (Å²) in [7, 11) is 1.81. The quantitative estimate of drug-likeness (QED) is 0.233. The Kier molecular flexibility index (Phi) is 10.8. The van der Waals surface area contributed by atoms with Crippen LogP contribution in [0.4, 0.5) is 0 Å². The van der Waals surface area contributed by atoms with Gasteiger partial charge in [0.1, 0.15) is 5.82 Å². The van der Waals surface area contributed by atoms with Gasteiger partial charge < -0.3 is 19.9 Å². The van der Waals surface area contributed by atoms with Crippen LogP contribution in [0.25, 0.3) is 0 Å². The Hall–Kier alpha value is -2.43. The highest BCUT2D eigenvalue weighted by Gasteiger charge is 2.13. The van der Waals surface area contributed by atoms with Gasteiger partial charge in [-0.25, -0.2) is 4.98 Å². The third-order valence-electron chi connectivity index (χ3n) is 5.92. The summed E-state index contributed by atoms with van der Waals surface area (Å²) < 4.78 is 7.68. The molecule has 2 heterocycles. The molecule has 0 saturated carbocycles. The Balaban J connectivity index is 0.00000324. The predicted molar refractivity (Wildman–Crippen MR) is 148 cm³/mol. The summed E-state index contributed by atoms with van der Waals surface area (Å²) in [6.45, 7) is 6.92. The molecule has 0 amide bonds. The van der Waals surface area contributed by atoms with E-state index in [9.17, 15) is 0 Å². The lowest BCUT2D eigenvalue weighted by molar-refractivity contribution is 0.0341. The van der Waals surface area contributed by atoms with Gasteiger partial charge in [0.15, 0.2) is 5.96 Å². The minimum absolute atomic E-state index is 0. The third-order valence-corrected chi connectivity index (χ3v) is 5.92. The van der Waals surface area contributed by atoms with Crippen LogP contribution in [0.5, 0.6) is 0 Å². The number of imidazole rings is 1. The molecule has 0 spiro atoms. The summed E-state index contributed by atoms with van der Waals surface area (Å²) in [5.74, 6) is 1.87. The van der Waals surface area contributed by atoms with Crippen LogP contribution in [0.3, 0.4) is 0 Å².